The normalized spacial score (nSPS) is 23.7. The number of piperazine rings is 1. The largest absolute Gasteiger partial charge is 0.496 e. The number of amides is 1. The lowest BCUT2D eigenvalue weighted by molar-refractivity contribution is -0.135. The van der Waals surface area contributed by atoms with E-state index in [1.54, 1.807) is 14.0 Å². The molecule has 23 heavy (non-hydrogen) atoms. The molecule has 2 saturated heterocycles. The van der Waals surface area contributed by atoms with Crippen LogP contribution in [0.1, 0.15) is 31.4 Å². The highest BCUT2D eigenvalue weighted by Crippen LogP contribution is 2.33. The summed E-state index contributed by atoms with van der Waals surface area (Å²) in [6, 6.07) is 8.66. The maximum Gasteiger partial charge on any atom is 0.220 e. The lowest BCUT2D eigenvalue weighted by Gasteiger charge is -2.45. The average molecular weight is 318 g/mol. The van der Waals surface area contributed by atoms with Gasteiger partial charge in [-0.1, -0.05) is 18.2 Å². The summed E-state index contributed by atoms with van der Waals surface area (Å²) in [7, 11) is 1.69. The van der Waals surface area contributed by atoms with Crippen molar-refractivity contribution in [1.82, 2.24) is 9.80 Å². The van der Waals surface area contributed by atoms with E-state index < -0.39 is 0 Å². The van der Waals surface area contributed by atoms with Crippen LogP contribution in [0.15, 0.2) is 24.3 Å². The van der Waals surface area contributed by atoms with E-state index in [4.69, 9.17) is 9.47 Å². The molecule has 0 spiro atoms. The zero-order chi connectivity index (χ0) is 16.2. The van der Waals surface area contributed by atoms with Crippen LogP contribution in [-0.2, 0) is 9.53 Å². The maximum absolute atomic E-state index is 12.1. The fourth-order valence-corrected chi connectivity index (χ4v) is 3.77. The van der Waals surface area contributed by atoms with Crippen molar-refractivity contribution in [3.63, 3.8) is 0 Å². The van der Waals surface area contributed by atoms with Crippen LogP contribution in [-0.4, -0.2) is 61.7 Å². The second-order valence-corrected chi connectivity index (χ2v) is 6.31. The Hall–Kier alpha value is -1.59. The molecule has 0 bridgehead atoms. The Balaban J connectivity index is 1.84. The molecule has 1 amide bonds. The van der Waals surface area contributed by atoms with E-state index in [1.165, 1.54) is 0 Å². The molecule has 1 aromatic rings. The van der Waals surface area contributed by atoms with Gasteiger partial charge < -0.3 is 14.4 Å². The van der Waals surface area contributed by atoms with Gasteiger partial charge in [-0.2, -0.15) is 0 Å². The van der Waals surface area contributed by atoms with Gasteiger partial charge in [0.05, 0.1) is 13.2 Å². The highest BCUT2D eigenvalue weighted by Gasteiger charge is 2.34. The molecule has 2 fully saturated rings. The maximum atomic E-state index is 12.1. The van der Waals surface area contributed by atoms with E-state index in [0.717, 1.165) is 57.0 Å². The summed E-state index contributed by atoms with van der Waals surface area (Å²) in [6.07, 6.45) is 2.16. The van der Waals surface area contributed by atoms with Gasteiger partial charge in [-0.05, 0) is 18.9 Å². The molecular formula is C18H26N2O3. The molecule has 5 heteroatoms. The third kappa shape index (κ3) is 3.51. The molecule has 126 valence electrons. The molecule has 0 N–H and O–H groups in total. The number of rotatable bonds is 3. The summed E-state index contributed by atoms with van der Waals surface area (Å²) in [4.78, 5) is 16.6. The minimum absolute atomic E-state index is 0.0558. The first-order chi connectivity index (χ1) is 11.2. The molecule has 3 rings (SSSR count). The smallest absolute Gasteiger partial charge is 0.220 e. The van der Waals surface area contributed by atoms with Gasteiger partial charge in [0.1, 0.15) is 5.75 Å². The molecule has 2 aliphatic heterocycles. The van der Waals surface area contributed by atoms with Crippen LogP contribution < -0.4 is 4.74 Å². The van der Waals surface area contributed by atoms with Crippen LogP contribution in [0.25, 0.3) is 0 Å². The van der Waals surface area contributed by atoms with Crippen molar-refractivity contribution in [1.29, 1.82) is 0 Å². The first-order valence-corrected chi connectivity index (χ1v) is 8.42. The zero-order valence-electron chi connectivity index (χ0n) is 14.0. The van der Waals surface area contributed by atoms with Gasteiger partial charge in [0.2, 0.25) is 5.91 Å². The molecule has 2 aliphatic rings. The van der Waals surface area contributed by atoms with Crippen LogP contribution in [0.5, 0.6) is 5.75 Å². The second-order valence-electron chi connectivity index (χ2n) is 6.31. The van der Waals surface area contributed by atoms with Gasteiger partial charge in [0.25, 0.3) is 0 Å². The van der Waals surface area contributed by atoms with Crippen molar-refractivity contribution in [3.05, 3.63) is 29.8 Å². The van der Waals surface area contributed by atoms with Crippen LogP contribution in [0, 0.1) is 0 Å². The third-order valence-corrected chi connectivity index (χ3v) is 5.02. The molecule has 2 heterocycles. The van der Waals surface area contributed by atoms with E-state index in [2.05, 4.69) is 11.0 Å². The molecule has 0 aliphatic carbocycles. The van der Waals surface area contributed by atoms with E-state index in [1.807, 2.05) is 23.1 Å². The predicted octanol–water partition coefficient (Wildman–Crippen LogP) is 2.08. The van der Waals surface area contributed by atoms with Gasteiger partial charge >= 0.3 is 0 Å². The Labute approximate surface area is 138 Å². The van der Waals surface area contributed by atoms with Crippen LogP contribution in [0.4, 0.5) is 0 Å². The van der Waals surface area contributed by atoms with Gasteiger partial charge in [0.15, 0.2) is 0 Å². The Morgan fingerprint density at radius 2 is 1.96 bits per heavy atom. The fraction of sp³-hybridized carbons (Fsp3) is 0.611. The van der Waals surface area contributed by atoms with Gasteiger partial charge in [-0.25, -0.2) is 0 Å². The van der Waals surface area contributed by atoms with Crippen molar-refractivity contribution in [2.75, 3.05) is 40.0 Å². The van der Waals surface area contributed by atoms with Crippen molar-refractivity contribution < 1.29 is 14.3 Å². The SMILES string of the molecule is COc1ccccc1[C@H]1CN(C2CCOCC2)CCN1C(C)=O. The topological polar surface area (TPSA) is 42.0 Å². The van der Waals surface area contributed by atoms with E-state index in [9.17, 15) is 4.79 Å². The van der Waals surface area contributed by atoms with Crippen molar-refractivity contribution in [2.24, 2.45) is 0 Å². The summed E-state index contributed by atoms with van der Waals surface area (Å²) in [5.41, 5.74) is 1.10. The highest BCUT2D eigenvalue weighted by molar-refractivity contribution is 5.74. The van der Waals surface area contributed by atoms with Gasteiger partial charge in [-0.3, -0.25) is 9.69 Å². The second kappa shape index (κ2) is 7.32. The van der Waals surface area contributed by atoms with Crippen LogP contribution >= 0.6 is 0 Å². The number of para-hydroxylation sites is 1. The van der Waals surface area contributed by atoms with Crippen molar-refractivity contribution in [2.45, 2.75) is 31.8 Å². The van der Waals surface area contributed by atoms with Crippen molar-refractivity contribution >= 4 is 5.91 Å². The number of hydrogen-bond donors (Lipinski definition) is 0. The number of nitrogens with zero attached hydrogens (tertiary/aromatic N) is 2. The molecule has 0 aromatic heterocycles. The quantitative estimate of drug-likeness (QED) is 0.856. The number of carbonyl (C=O) groups is 1. The Morgan fingerprint density at radius 1 is 1.22 bits per heavy atom. The lowest BCUT2D eigenvalue weighted by Crippen LogP contribution is -2.54. The van der Waals surface area contributed by atoms with Gasteiger partial charge in [0, 0.05) is 51.4 Å². The Morgan fingerprint density at radius 3 is 2.65 bits per heavy atom. The molecule has 1 atom stereocenters. The summed E-state index contributed by atoms with van der Waals surface area (Å²) in [6.45, 7) is 5.93. The zero-order valence-corrected chi connectivity index (χ0v) is 14.0. The number of hydrogen-bond acceptors (Lipinski definition) is 4. The lowest BCUT2D eigenvalue weighted by atomic mass is 9.98. The summed E-state index contributed by atoms with van der Waals surface area (Å²) in [5.74, 6) is 0.991. The van der Waals surface area contributed by atoms with Crippen molar-refractivity contribution in [3.8, 4) is 5.75 Å². The minimum atomic E-state index is 0.0558. The molecule has 0 unspecified atom stereocenters. The number of methoxy groups -OCH3 is 1. The number of carbonyl (C=O) groups excluding carboxylic acids is 1. The Bertz CT molecular complexity index is 543. The molecule has 5 nitrogen and oxygen atoms in total. The molecule has 0 radical (unpaired) electrons. The highest BCUT2D eigenvalue weighted by atomic mass is 16.5. The number of benzene rings is 1. The Kier molecular flexibility index (Phi) is 5.18. The van der Waals surface area contributed by atoms with Crippen LogP contribution in [0.2, 0.25) is 0 Å². The number of ether oxygens (including phenoxy) is 2. The molecule has 0 saturated carbocycles. The predicted molar refractivity (Wildman–Crippen MR) is 88.5 cm³/mol. The summed E-state index contributed by atoms with van der Waals surface area (Å²) >= 11 is 0. The van der Waals surface area contributed by atoms with Gasteiger partial charge in [-0.15, -0.1) is 0 Å². The summed E-state index contributed by atoms with van der Waals surface area (Å²) in [5, 5.41) is 0. The third-order valence-electron chi connectivity index (χ3n) is 5.02. The first-order valence-electron chi connectivity index (χ1n) is 8.42. The van der Waals surface area contributed by atoms with E-state index in [0.29, 0.717) is 6.04 Å². The molecular weight excluding hydrogens is 292 g/mol. The monoisotopic (exact) mass is 318 g/mol. The van der Waals surface area contributed by atoms with E-state index in [-0.39, 0.29) is 11.9 Å². The average Bonchev–Trinajstić information content (AvgIpc) is 2.61. The van der Waals surface area contributed by atoms with Crippen LogP contribution in [0.3, 0.4) is 0 Å². The first kappa shape index (κ1) is 16.3. The van der Waals surface area contributed by atoms with E-state index >= 15 is 0 Å². The fourth-order valence-electron chi connectivity index (χ4n) is 3.77. The molecule has 1 aromatic carbocycles. The minimum Gasteiger partial charge on any atom is -0.496 e. The standard InChI is InChI=1S/C18H26N2O3/c1-14(21)20-10-9-19(15-7-11-23-12-8-15)13-17(20)16-5-3-4-6-18(16)22-2/h3-6,15,17H,7-13H2,1-2H3/t17-/m1/s1. The summed E-state index contributed by atoms with van der Waals surface area (Å²) < 4.78 is 11.0.